The number of carbonyl (C=O) groups excluding carboxylic acids is 3. The van der Waals surface area contributed by atoms with Crippen molar-refractivity contribution in [2.24, 2.45) is 11.8 Å². The summed E-state index contributed by atoms with van der Waals surface area (Å²) < 4.78 is 18.0. The second-order valence-electron chi connectivity index (χ2n) is 12.9. The van der Waals surface area contributed by atoms with Crippen molar-refractivity contribution in [3.8, 4) is 5.75 Å². The quantitative estimate of drug-likeness (QED) is 0.217. The molecule has 1 spiro atoms. The molecule has 4 fully saturated rings. The van der Waals surface area contributed by atoms with Crippen LogP contribution in [0.4, 0.5) is 5.69 Å². The van der Waals surface area contributed by atoms with Crippen molar-refractivity contribution in [1.82, 2.24) is 14.7 Å². The lowest BCUT2D eigenvalue weighted by molar-refractivity contribution is -0.151. The van der Waals surface area contributed by atoms with E-state index >= 15 is 0 Å². The Balaban J connectivity index is 1.47. The van der Waals surface area contributed by atoms with Gasteiger partial charge in [0.05, 0.1) is 37.3 Å². The first-order valence-electron chi connectivity index (χ1n) is 16.7. The molecule has 2 unspecified atom stereocenters. The number of morpholine rings is 1. The van der Waals surface area contributed by atoms with Gasteiger partial charge >= 0.3 is 0 Å². The van der Waals surface area contributed by atoms with Crippen LogP contribution in [0.25, 0.3) is 0 Å². The van der Waals surface area contributed by atoms with Gasteiger partial charge in [0.15, 0.2) is 0 Å². The van der Waals surface area contributed by atoms with E-state index in [9.17, 15) is 19.5 Å². The van der Waals surface area contributed by atoms with Gasteiger partial charge in [-0.2, -0.15) is 0 Å². The molecule has 4 aliphatic rings. The summed E-state index contributed by atoms with van der Waals surface area (Å²) >= 11 is 0. The number of nitrogens with zero attached hydrogens (tertiary/aromatic N) is 4. The fraction of sp³-hybridized carbons (Fsp3) is 0.629. The van der Waals surface area contributed by atoms with Crippen molar-refractivity contribution in [2.45, 2.75) is 56.8 Å². The van der Waals surface area contributed by atoms with Gasteiger partial charge in [0.25, 0.3) is 0 Å². The summed E-state index contributed by atoms with van der Waals surface area (Å²) in [5.74, 6) is -1.50. The first-order valence-corrected chi connectivity index (χ1v) is 16.7. The second kappa shape index (κ2) is 14.7. The maximum absolute atomic E-state index is 14.6. The highest BCUT2D eigenvalue weighted by atomic mass is 16.5. The van der Waals surface area contributed by atoms with Gasteiger partial charge in [-0.15, -0.1) is 13.2 Å². The first-order chi connectivity index (χ1) is 22.2. The van der Waals surface area contributed by atoms with Crippen molar-refractivity contribution < 1.29 is 33.7 Å². The van der Waals surface area contributed by atoms with Crippen LogP contribution in [0.1, 0.15) is 39.5 Å². The molecular weight excluding hydrogens is 588 g/mol. The molecule has 1 aromatic rings. The molecule has 4 heterocycles. The predicted molar refractivity (Wildman–Crippen MR) is 174 cm³/mol. The van der Waals surface area contributed by atoms with E-state index in [2.05, 4.69) is 18.1 Å². The first kappa shape index (κ1) is 34.1. The third-order valence-electron chi connectivity index (χ3n) is 10.1. The molecule has 46 heavy (non-hydrogen) atoms. The van der Waals surface area contributed by atoms with Crippen molar-refractivity contribution in [1.29, 1.82) is 0 Å². The zero-order valence-electron chi connectivity index (χ0n) is 27.4. The van der Waals surface area contributed by atoms with E-state index in [-0.39, 0.29) is 30.9 Å². The lowest BCUT2D eigenvalue weighted by Gasteiger charge is -2.37. The summed E-state index contributed by atoms with van der Waals surface area (Å²) in [5.41, 5.74) is -1.36. The maximum atomic E-state index is 14.6. The highest BCUT2D eigenvalue weighted by molar-refractivity contribution is 6.03. The third kappa shape index (κ3) is 6.34. The number of carbonyl (C=O) groups is 3. The van der Waals surface area contributed by atoms with E-state index in [1.54, 1.807) is 26.9 Å². The van der Waals surface area contributed by atoms with Crippen molar-refractivity contribution in [2.75, 3.05) is 77.1 Å². The van der Waals surface area contributed by atoms with Crippen LogP contribution in [0.15, 0.2) is 49.6 Å². The number of anilines is 1. The number of likely N-dealkylation sites (tertiary alicyclic amines) is 1. The molecule has 3 amide bonds. The molecule has 0 aromatic heterocycles. The summed E-state index contributed by atoms with van der Waals surface area (Å²) in [7, 11) is 0. The van der Waals surface area contributed by atoms with Gasteiger partial charge in [-0.25, -0.2) is 0 Å². The molecule has 4 aliphatic heterocycles. The van der Waals surface area contributed by atoms with Crippen molar-refractivity contribution >= 4 is 23.4 Å². The average molecular weight is 639 g/mol. The molecule has 0 saturated carbocycles. The minimum absolute atomic E-state index is 0.00830. The number of unbranched alkanes of at least 4 members (excludes halogenated alkanes) is 1. The van der Waals surface area contributed by atoms with Crippen molar-refractivity contribution in [3.05, 3.63) is 49.6 Å². The minimum atomic E-state index is -1.13. The number of rotatable bonds is 16. The van der Waals surface area contributed by atoms with E-state index < -0.39 is 29.1 Å². The maximum Gasteiger partial charge on any atom is 0.248 e. The molecule has 4 saturated heterocycles. The molecular formula is C35H50N4O7. The molecule has 1 aromatic carbocycles. The third-order valence-corrected chi connectivity index (χ3v) is 10.1. The van der Waals surface area contributed by atoms with Gasteiger partial charge in [0, 0.05) is 58.1 Å². The Morgan fingerprint density at radius 3 is 2.43 bits per heavy atom. The summed E-state index contributed by atoms with van der Waals surface area (Å²) in [6.07, 6.45) is 5.49. The number of benzene rings is 1. The predicted octanol–water partition coefficient (Wildman–Crippen LogP) is 2.49. The SMILES string of the molecule is C=CCN(CCN1CCOCC1)C(=O)C1N(CCCCO)C(=O)[C@@H]2[C@H](C(=O)N(CC=C)c3ccc(OCC)cc3)[C@]3(C)CCC12O3. The van der Waals surface area contributed by atoms with Gasteiger partial charge in [0.1, 0.15) is 17.4 Å². The zero-order valence-corrected chi connectivity index (χ0v) is 27.4. The lowest BCUT2D eigenvalue weighted by Crippen LogP contribution is -2.57. The van der Waals surface area contributed by atoms with Gasteiger partial charge in [0.2, 0.25) is 17.7 Å². The molecule has 2 bridgehead atoms. The van der Waals surface area contributed by atoms with Crippen molar-refractivity contribution in [3.63, 3.8) is 0 Å². The second-order valence-corrected chi connectivity index (χ2v) is 12.9. The lowest BCUT2D eigenvalue weighted by atomic mass is 9.66. The standard InChI is InChI=1S/C35H50N4O7/c1-5-16-37(20-19-36-21-24-44-25-22-36)33(43)30-35-15-14-34(4,46-35)28(29(35)32(42)39(30)18-8-9-23-40)31(41)38(17-6-2)26-10-12-27(13-11-26)45-7-3/h5-6,10-13,28-30,40H,1-2,7-9,14-25H2,3-4H3/t28-,29+,30?,34+,35?/m1/s1. The fourth-order valence-electron chi connectivity index (χ4n) is 7.93. The highest BCUT2D eigenvalue weighted by Crippen LogP contribution is 2.63. The molecule has 11 nitrogen and oxygen atoms in total. The monoisotopic (exact) mass is 638 g/mol. The van der Waals surface area contributed by atoms with Gasteiger partial charge < -0.3 is 34.0 Å². The zero-order chi connectivity index (χ0) is 32.9. The van der Waals surface area contributed by atoms with Crippen LogP contribution in [0.2, 0.25) is 0 Å². The Bertz CT molecular complexity index is 1270. The highest BCUT2D eigenvalue weighted by Gasteiger charge is 2.78. The normalized spacial score (nSPS) is 28.6. The summed E-state index contributed by atoms with van der Waals surface area (Å²) in [4.78, 5) is 51.1. The molecule has 5 rings (SSSR count). The van der Waals surface area contributed by atoms with Crippen LogP contribution in [0.5, 0.6) is 5.75 Å². The number of amides is 3. The van der Waals surface area contributed by atoms with E-state index in [1.165, 1.54) is 0 Å². The number of aliphatic hydroxyl groups excluding tert-OH is 1. The topological polar surface area (TPSA) is 112 Å². The molecule has 11 heteroatoms. The van der Waals surface area contributed by atoms with Crippen LogP contribution in [-0.2, 0) is 23.9 Å². The van der Waals surface area contributed by atoms with Gasteiger partial charge in [-0.1, -0.05) is 12.2 Å². The average Bonchev–Trinajstić information content (AvgIpc) is 3.63. The number of hydrogen-bond donors (Lipinski definition) is 1. The summed E-state index contributed by atoms with van der Waals surface area (Å²) in [5, 5.41) is 9.52. The van der Waals surface area contributed by atoms with E-state index in [1.807, 2.05) is 38.1 Å². The Morgan fingerprint density at radius 2 is 1.78 bits per heavy atom. The Kier molecular flexibility index (Phi) is 10.9. The largest absolute Gasteiger partial charge is 0.494 e. The van der Waals surface area contributed by atoms with Crippen LogP contribution in [-0.4, -0.2) is 127 Å². The van der Waals surface area contributed by atoms with E-state index in [0.29, 0.717) is 83.1 Å². The molecule has 5 atom stereocenters. The molecule has 252 valence electrons. The Labute approximate surface area is 272 Å². The van der Waals surface area contributed by atoms with Crippen LogP contribution in [0, 0.1) is 11.8 Å². The summed E-state index contributed by atoms with van der Waals surface area (Å²) in [6.45, 7) is 17.1. The summed E-state index contributed by atoms with van der Waals surface area (Å²) in [6, 6.07) is 6.46. The number of ether oxygens (including phenoxy) is 3. The molecule has 0 aliphatic carbocycles. The van der Waals surface area contributed by atoms with Crippen LogP contribution >= 0.6 is 0 Å². The van der Waals surface area contributed by atoms with E-state index in [0.717, 1.165) is 13.1 Å². The molecule has 0 radical (unpaired) electrons. The van der Waals surface area contributed by atoms with Crippen LogP contribution in [0.3, 0.4) is 0 Å². The number of aliphatic hydroxyl groups is 1. The minimum Gasteiger partial charge on any atom is -0.494 e. The number of hydrogen-bond acceptors (Lipinski definition) is 8. The molecule has 1 N–H and O–H groups in total. The Hall–Kier alpha value is -3.25. The smallest absolute Gasteiger partial charge is 0.248 e. The van der Waals surface area contributed by atoms with Crippen LogP contribution < -0.4 is 9.64 Å². The van der Waals surface area contributed by atoms with Gasteiger partial charge in [-0.05, 0) is 63.8 Å². The Morgan fingerprint density at radius 1 is 1.07 bits per heavy atom. The van der Waals surface area contributed by atoms with E-state index in [4.69, 9.17) is 14.2 Å². The van der Waals surface area contributed by atoms with Gasteiger partial charge in [-0.3, -0.25) is 19.3 Å². The fourth-order valence-corrected chi connectivity index (χ4v) is 7.93. The number of fused-ring (bicyclic) bond motifs is 1.